The van der Waals surface area contributed by atoms with E-state index in [0.29, 0.717) is 6.42 Å². The van der Waals surface area contributed by atoms with E-state index in [1.165, 1.54) is 44.8 Å². The molecule has 22 heavy (non-hydrogen) atoms. The zero-order chi connectivity index (χ0) is 16.5. The molecule has 0 saturated heterocycles. The molecule has 0 rings (SSSR count). The summed E-state index contributed by atoms with van der Waals surface area (Å²) >= 11 is 0. The van der Waals surface area contributed by atoms with Crippen LogP contribution in [0.4, 0.5) is 0 Å². The summed E-state index contributed by atoms with van der Waals surface area (Å²) in [7, 11) is 0. The summed E-state index contributed by atoms with van der Waals surface area (Å²) < 4.78 is 0. The molecule has 4 nitrogen and oxygen atoms in total. The van der Waals surface area contributed by atoms with E-state index in [9.17, 15) is 14.9 Å². The van der Waals surface area contributed by atoms with E-state index in [4.69, 9.17) is 0 Å². The number of rotatable bonds is 13. The summed E-state index contributed by atoms with van der Waals surface area (Å²) in [6, 6.07) is -1.18. The molecule has 0 aromatic carbocycles. The van der Waals surface area contributed by atoms with Crippen LogP contribution >= 0.6 is 0 Å². The van der Waals surface area contributed by atoms with Gasteiger partial charge in [-0.1, -0.05) is 57.1 Å². The van der Waals surface area contributed by atoms with Crippen LogP contribution in [-0.4, -0.2) is 17.3 Å². The number of nitro groups is 1. The lowest BCUT2D eigenvalue weighted by molar-refractivity contribution is -0.503. The van der Waals surface area contributed by atoms with Gasteiger partial charge in [0.2, 0.25) is 0 Å². The Morgan fingerprint density at radius 1 is 1.05 bits per heavy atom. The van der Waals surface area contributed by atoms with E-state index in [1.807, 2.05) is 12.2 Å². The van der Waals surface area contributed by atoms with Gasteiger partial charge in [-0.3, -0.25) is 14.9 Å². The molecule has 0 heterocycles. The van der Waals surface area contributed by atoms with Crippen molar-refractivity contribution in [2.24, 2.45) is 0 Å². The first-order valence-corrected chi connectivity index (χ1v) is 8.34. The normalized spacial score (nSPS) is 11.9. The molecule has 0 aliphatic carbocycles. The van der Waals surface area contributed by atoms with Crippen molar-refractivity contribution in [3.63, 3.8) is 0 Å². The van der Waals surface area contributed by atoms with Crippen molar-refractivity contribution < 1.29 is 9.72 Å². The van der Waals surface area contributed by atoms with Gasteiger partial charge >= 0.3 is 0 Å². The van der Waals surface area contributed by atoms with Crippen LogP contribution in [0.2, 0.25) is 0 Å². The van der Waals surface area contributed by atoms with Crippen molar-refractivity contribution in [2.45, 2.75) is 83.6 Å². The maximum atomic E-state index is 10.4. The molecule has 0 amide bonds. The minimum absolute atomic E-state index is 0.255. The fraction of sp³-hybridized carbons (Fsp3) is 0.722. The van der Waals surface area contributed by atoms with Crippen molar-refractivity contribution >= 4 is 6.29 Å². The molecule has 1 atom stereocenters. The van der Waals surface area contributed by atoms with Crippen LogP contribution in [0.25, 0.3) is 0 Å². The van der Waals surface area contributed by atoms with Crippen LogP contribution in [0.3, 0.4) is 0 Å². The average Bonchev–Trinajstić information content (AvgIpc) is 2.51. The lowest BCUT2D eigenvalue weighted by Gasteiger charge is -1.98. The highest BCUT2D eigenvalue weighted by Crippen LogP contribution is 2.06. The summed E-state index contributed by atoms with van der Waals surface area (Å²) in [5.74, 6) is 6.28. The number of nitrogens with zero attached hydrogens (tertiary/aromatic N) is 1. The van der Waals surface area contributed by atoms with Crippen molar-refractivity contribution in [1.82, 2.24) is 0 Å². The number of carbonyl (C=O) groups excluding carboxylic acids is 1. The van der Waals surface area contributed by atoms with Gasteiger partial charge in [0.05, 0.1) is 0 Å². The standard InChI is InChI=1S/C18H28NO3/c1-2-3-4-5-6-7-8-9-10-11-12-13-14-15-16-18(17-20)19(21)22/h12-13,18H,2-8,11,14-16H2,1H3/b13-12+. The zero-order valence-electron chi connectivity index (χ0n) is 13.7. The number of allylic oxidation sites excluding steroid dienone is 2. The lowest BCUT2D eigenvalue weighted by Crippen LogP contribution is -2.20. The first kappa shape index (κ1) is 20.4. The molecule has 0 spiro atoms. The first-order chi connectivity index (χ1) is 10.7. The predicted molar refractivity (Wildman–Crippen MR) is 89.9 cm³/mol. The molecule has 0 N–H and O–H groups in total. The highest BCUT2D eigenvalue weighted by atomic mass is 16.6. The van der Waals surface area contributed by atoms with E-state index in [2.05, 4.69) is 18.8 Å². The third-order valence-electron chi connectivity index (χ3n) is 3.41. The molecule has 1 unspecified atom stereocenters. The largest absolute Gasteiger partial charge is 0.283 e. The molecule has 4 heteroatoms. The molecule has 0 aromatic heterocycles. The van der Waals surface area contributed by atoms with Crippen LogP contribution in [0.15, 0.2) is 12.2 Å². The maximum absolute atomic E-state index is 10.4. The quantitative estimate of drug-likeness (QED) is 0.164. The Balaban J connectivity index is 3.46. The SMILES string of the molecule is CCCCCCCCC#CC/C=C/CCCC([C]=O)[N+](=O)[O-]. The van der Waals surface area contributed by atoms with Crippen LogP contribution in [0.5, 0.6) is 0 Å². The van der Waals surface area contributed by atoms with Gasteiger partial charge in [0.15, 0.2) is 0 Å². The Kier molecular flexibility index (Phi) is 14.6. The Labute approximate surface area is 134 Å². The first-order valence-electron chi connectivity index (χ1n) is 8.34. The van der Waals surface area contributed by atoms with Crippen LogP contribution < -0.4 is 0 Å². The van der Waals surface area contributed by atoms with E-state index in [-0.39, 0.29) is 6.42 Å². The molecule has 0 fully saturated rings. The summed E-state index contributed by atoms with van der Waals surface area (Å²) in [5, 5.41) is 10.4. The van der Waals surface area contributed by atoms with E-state index in [0.717, 1.165) is 19.3 Å². The lowest BCUT2D eigenvalue weighted by atomic mass is 10.1. The maximum Gasteiger partial charge on any atom is 0.278 e. The number of hydrogen-bond acceptors (Lipinski definition) is 3. The Morgan fingerprint density at radius 2 is 1.77 bits per heavy atom. The van der Waals surface area contributed by atoms with Gasteiger partial charge in [-0.15, -0.1) is 5.92 Å². The topological polar surface area (TPSA) is 60.2 Å². The van der Waals surface area contributed by atoms with Crippen molar-refractivity contribution in [1.29, 1.82) is 0 Å². The Bertz CT molecular complexity index is 380. The smallest absolute Gasteiger partial charge is 0.278 e. The van der Waals surface area contributed by atoms with Gasteiger partial charge in [-0.2, -0.15) is 0 Å². The molecule has 0 aromatic rings. The molecular weight excluding hydrogens is 278 g/mol. The summed E-state index contributed by atoms with van der Waals surface area (Å²) in [6.07, 6.45) is 16.5. The molecule has 1 radical (unpaired) electrons. The predicted octanol–water partition coefficient (Wildman–Crippen LogP) is 4.61. The summed E-state index contributed by atoms with van der Waals surface area (Å²) in [5.41, 5.74) is 0. The number of hydrogen-bond donors (Lipinski definition) is 0. The minimum Gasteiger partial charge on any atom is -0.283 e. The third-order valence-corrected chi connectivity index (χ3v) is 3.41. The van der Waals surface area contributed by atoms with Crippen molar-refractivity contribution in [3.05, 3.63) is 22.3 Å². The van der Waals surface area contributed by atoms with E-state index in [1.54, 1.807) is 0 Å². The van der Waals surface area contributed by atoms with Gasteiger partial charge in [-0.05, 0) is 19.3 Å². The van der Waals surface area contributed by atoms with Crippen molar-refractivity contribution in [3.8, 4) is 11.8 Å². The highest BCUT2D eigenvalue weighted by Gasteiger charge is 2.18. The average molecular weight is 306 g/mol. The second-order valence-corrected chi connectivity index (χ2v) is 5.40. The fourth-order valence-corrected chi connectivity index (χ4v) is 2.05. The third kappa shape index (κ3) is 13.4. The molecule has 0 bridgehead atoms. The molecule has 123 valence electrons. The molecular formula is C18H28NO3. The summed E-state index contributed by atoms with van der Waals surface area (Å²) in [4.78, 5) is 20.1. The number of unbranched alkanes of at least 4 members (excludes halogenated alkanes) is 7. The zero-order valence-corrected chi connectivity index (χ0v) is 13.7. The Morgan fingerprint density at radius 3 is 2.45 bits per heavy atom. The van der Waals surface area contributed by atoms with Gasteiger partial charge in [0.25, 0.3) is 12.3 Å². The molecule has 0 aliphatic rings. The minimum atomic E-state index is -1.18. The highest BCUT2D eigenvalue weighted by molar-refractivity contribution is 5.56. The second-order valence-electron chi connectivity index (χ2n) is 5.40. The monoisotopic (exact) mass is 306 g/mol. The van der Waals surface area contributed by atoms with Gasteiger partial charge in [0.1, 0.15) is 0 Å². The van der Waals surface area contributed by atoms with Gasteiger partial charge in [-0.25, -0.2) is 0 Å². The van der Waals surface area contributed by atoms with Crippen LogP contribution in [-0.2, 0) is 4.79 Å². The van der Waals surface area contributed by atoms with Gasteiger partial charge < -0.3 is 0 Å². The van der Waals surface area contributed by atoms with E-state index >= 15 is 0 Å². The molecule has 0 saturated carbocycles. The summed E-state index contributed by atoms with van der Waals surface area (Å²) in [6.45, 7) is 2.22. The fourth-order valence-electron chi connectivity index (χ4n) is 2.05. The van der Waals surface area contributed by atoms with E-state index < -0.39 is 11.0 Å². The Hall–Kier alpha value is -1.63. The van der Waals surface area contributed by atoms with Gasteiger partial charge in [0, 0.05) is 24.2 Å². The second kappa shape index (κ2) is 15.8. The van der Waals surface area contributed by atoms with Crippen molar-refractivity contribution in [2.75, 3.05) is 0 Å². The van der Waals surface area contributed by atoms with Crippen LogP contribution in [0.1, 0.15) is 77.6 Å². The molecule has 0 aliphatic heterocycles. The van der Waals surface area contributed by atoms with Crippen LogP contribution in [0, 0.1) is 22.0 Å².